The third kappa shape index (κ3) is 3.28. The highest BCUT2D eigenvalue weighted by molar-refractivity contribution is 9.10. The second-order valence-electron chi connectivity index (χ2n) is 3.27. The van der Waals surface area contributed by atoms with Crippen molar-refractivity contribution in [3.05, 3.63) is 28.2 Å². The fourth-order valence-electron chi connectivity index (χ4n) is 1.18. The van der Waals surface area contributed by atoms with Gasteiger partial charge in [0.05, 0.1) is 12.2 Å². The molecule has 0 saturated heterocycles. The zero-order chi connectivity index (χ0) is 12.1. The fourth-order valence-corrected chi connectivity index (χ4v) is 1.54. The summed E-state index contributed by atoms with van der Waals surface area (Å²) in [5.74, 6) is 0.110. The van der Waals surface area contributed by atoms with E-state index in [0.717, 1.165) is 4.47 Å². The van der Waals surface area contributed by atoms with Gasteiger partial charge in [0.2, 0.25) is 0 Å². The lowest BCUT2D eigenvalue weighted by molar-refractivity contribution is 0.0888. The Morgan fingerprint density at radius 1 is 1.62 bits per heavy atom. The van der Waals surface area contributed by atoms with Crippen LogP contribution >= 0.6 is 15.9 Å². The van der Waals surface area contributed by atoms with E-state index < -0.39 is 19.4 Å². The maximum absolute atomic E-state index is 12.4. The molecule has 0 bridgehead atoms. The molecule has 16 heavy (non-hydrogen) atoms. The van der Waals surface area contributed by atoms with E-state index in [-0.39, 0.29) is 11.5 Å². The normalized spacial score (nSPS) is 12.2. The van der Waals surface area contributed by atoms with E-state index in [1.54, 1.807) is 18.2 Å². The number of carbonyl (C=O) groups is 1. The van der Waals surface area contributed by atoms with Crippen LogP contribution in [0.25, 0.3) is 0 Å². The van der Waals surface area contributed by atoms with Crippen LogP contribution in [0, 0.1) is 0 Å². The van der Waals surface area contributed by atoms with Gasteiger partial charge in [0, 0.05) is 4.47 Å². The second-order valence-corrected chi connectivity index (χ2v) is 4.19. The molecular weight excluding hydrogens is 279 g/mol. The lowest BCUT2D eigenvalue weighted by Crippen LogP contribution is -2.24. The Morgan fingerprint density at radius 2 is 2.31 bits per heavy atom. The number of Topliss-reactive ketones (excluding diaryl/α,β-unsaturated/α-hetero) is 1. The van der Waals surface area contributed by atoms with Crippen molar-refractivity contribution < 1.29 is 19.0 Å². The van der Waals surface area contributed by atoms with Gasteiger partial charge in [-0.05, 0) is 25.1 Å². The van der Waals surface area contributed by atoms with Crippen LogP contribution < -0.4 is 4.74 Å². The molecule has 0 saturated carbocycles. The Bertz CT molecular complexity index is 377. The third-order valence-electron chi connectivity index (χ3n) is 1.99. The van der Waals surface area contributed by atoms with Crippen molar-refractivity contribution in [2.75, 3.05) is 13.3 Å². The molecule has 0 aliphatic carbocycles. The van der Waals surface area contributed by atoms with Crippen LogP contribution in [0.15, 0.2) is 22.7 Å². The monoisotopic (exact) mass is 290 g/mol. The number of hydrogen-bond donors (Lipinski definition) is 1. The lowest BCUT2D eigenvalue weighted by Gasteiger charge is -2.15. The smallest absolute Gasteiger partial charge is 0.163 e. The Balaban J connectivity index is 2.98. The van der Waals surface area contributed by atoms with Crippen LogP contribution in [0.5, 0.6) is 5.75 Å². The first-order valence-corrected chi connectivity index (χ1v) is 5.51. The van der Waals surface area contributed by atoms with E-state index in [1.807, 2.05) is 0 Å². The molecule has 1 atom stereocenters. The number of aliphatic hydroxyl groups is 1. The van der Waals surface area contributed by atoms with Crippen LogP contribution in [-0.2, 0) is 0 Å². The van der Waals surface area contributed by atoms with Gasteiger partial charge in [-0.3, -0.25) is 4.79 Å². The molecule has 0 heterocycles. The topological polar surface area (TPSA) is 46.5 Å². The van der Waals surface area contributed by atoms with Gasteiger partial charge >= 0.3 is 0 Å². The summed E-state index contributed by atoms with van der Waals surface area (Å²) >= 11 is 3.23. The highest BCUT2D eigenvalue weighted by Crippen LogP contribution is 2.24. The molecule has 1 aromatic rings. The van der Waals surface area contributed by atoms with Crippen LogP contribution in [0.2, 0.25) is 0 Å². The van der Waals surface area contributed by atoms with Gasteiger partial charge in [-0.1, -0.05) is 15.9 Å². The Hall–Kier alpha value is -0.940. The SMILES string of the molecule is CC(=O)c1cc(Br)ccc1OC(CO)CF. The molecule has 0 aliphatic rings. The van der Waals surface area contributed by atoms with E-state index in [2.05, 4.69) is 15.9 Å². The number of rotatable bonds is 5. The number of halogens is 2. The van der Waals surface area contributed by atoms with Crippen molar-refractivity contribution in [1.29, 1.82) is 0 Å². The van der Waals surface area contributed by atoms with Gasteiger partial charge in [-0.15, -0.1) is 0 Å². The van der Waals surface area contributed by atoms with Gasteiger partial charge in [-0.25, -0.2) is 4.39 Å². The fraction of sp³-hybridized carbons (Fsp3) is 0.364. The molecule has 0 spiro atoms. The van der Waals surface area contributed by atoms with E-state index in [4.69, 9.17) is 9.84 Å². The summed E-state index contributed by atoms with van der Waals surface area (Å²) < 4.78 is 18.3. The summed E-state index contributed by atoms with van der Waals surface area (Å²) in [6, 6.07) is 4.86. The van der Waals surface area contributed by atoms with Crippen molar-refractivity contribution >= 4 is 21.7 Å². The standard InChI is InChI=1S/C11H12BrFO3/c1-7(15)10-4-8(12)2-3-11(10)16-9(5-13)6-14/h2-4,9,14H,5-6H2,1H3. The van der Waals surface area contributed by atoms with Crippen molar-refractivity contribution in [3.8, 4) is 5.75 Å². The highest BCUT2D eigenvalue weighted by Gasteiger charge is 2.14. The highest BCUT2D eigenvalue weighted by atomic mass is 79.9. The second kappa shape index (κ2) is 5.96. The number of ketones is 1. The van der Waals surface area contributed by atoms with Gasteiger partial charge in [-0.2, -0.15) is 0 Å². The van der Waals surface area contributed by atoms with Crippen molar-refractivity contribution in [1.82, 2.24) is 0 Å². The predicted molar refractivity (Wildman–Crippen MR) is 61.6 cm³/mol. The molecule has 1 unspecified atom stereocenters. The van der Waals surface area contributed by atoms with Crippen LogP contribution in [0.1, 0.15) is 17.3 Å². The summed E-state index contributed by atoms with van der Waals surface area (Å²) in [6.45, 7) is 0.172. The maximum Gasteiger partial charge on any atom is 0.163 e. The molecule has 88 valence electrons. The summed E-state index contributed by atoms with van der Waals surface area (Å²) in [5, 5.41) is 8.81. The van der Waals surface area contributed by atoms with Gasteiger partial charge in [0.25, 0.3) is 0 Å². The molecule has 0 aliphatic heterocycles. The molecule has 0 amide bonds. The average molecular weight is 291 g/mol. The minimum atomic E-state index is -0.931. The zero-order valence-electron chi connectivity index (χ0n) is 8.74. The molecular formula is C11H12BrFO3. The summed E-state index contributed by atoms with van der Waals surface area (Å²) in [5.41, 5.74) is 0.362. The molecule has 1 N–H and O–H groups in total. The van der Waals surface area contributed by atoms with Crippen molar-refractivity contribution in [2.24, 2.45) is 0 Å². The molecule has 1 aromatic carbocycles. The number of aliphatic hydroxyl groups excluding tert-OH is 1. The number of hydrogen-bond acceptors (Lipinski definition) is 3. The minimum absolute atomic E-state index is 0.174. The summed E-state index contributed by atoms with van der Waals surface area (Å²) in [4.78, 5) is 11.3. The Morgan fingerprint density at radius 3 is 2.81 bits per heavy atom. The number of alkyl halides is 1. The van der Waals surface area contributed by atoms with E-state index in [1.165, 1.54) is 6.92 Å². The third-order valence-corrected chi connectivity index (χ3v) is 2.48. The van der Waals surface area contributed by atoms with Crippen LogP contribution in [0.3, 0.4) is 0 Å². The van der Waals surface area contributed by atoms with Crippen LogP contribution in [-0.4, -0.2) is 30.3 Å². The van der Waals surface area contributed by atoms with Gasteiger partial charge in [0.1, 0.15) is 18.5 Å². The Labute approximate surface area is 101 Å². The summed E-state index contributed by atoms with van der Waals surface area (Å²) in [6.07, 6.45) is -0.931. The summed E-state index contributed by atoms with van der Waals surface area (Å²) in [7, 11) is 0. The zero-order valence-corrected chi connectivity index (χ0v) is 10.3. The number of carbonyl (C=O) groups excluding carboxylic acids is 1. The molecule has 1 rings (SSSR count). The molecule has 3 nitrogen and oxygen atoms in total. The number of benzene rings is 1. The first kappa shape index (κ1) is 13.1. The number of ether oxygens (including phenoxy) is 1. The maximum atomic E-state index is 12.4. The van der Waals surface area contributed by atoms with Crippen molar-refractivity contribution in [2.45, 2.75) is 13.0 Å². The van der Waals surface area contributed by atoms with Crippen LogP contribution in [0.4, 0.5) is 4.39 Å². The van der Waals surface area contributed by atoms with Gasteiger partial charge in [0.15, 0.2) is 5.78 Å². The quantitative estimate of drug-likeness (QED) is 0.847. The largest absolute Gasteiger partial charge is 0.485 e. The predicted octanol–water partition coefficient (Wildman–Crippen LogP) is 2.36. The lowest BCUT2D eigenvalue weighted by atomic mass is 10.1. The molecule has 5 heteroatoms. The first-order chi connectivity index (χ1) is 7.58. The molecule has 0 fully saturated rings. The average Bonchev–Trinajstić information content (AvgIpc) is 2.27. The first-order valence-electron chi connectivity index (χ1n) is 4.72. The molecule has 0 radical (unpaired) electrons. The van der Waals surface area contributed by atoms with Crippen molar-refractivity contribution in [3.63, 3.8) is 0 Å². The van der Waals surface area contributed by atoms with E-state index in [0.29, 0.717) is 5.56 Å². The Kier molecular flexibility index (Phi) is 4.89. The van der Waals surface area contributed by atoms with Gasteiger partial charge < -0.3 is 9.84 Å². The molecule has 0 aromatic heterocycles. The minimum Gasteiger partial charge on any atom is -0.485 e. The van der Waals surface area contributed by atoms with E-state index in [9.17, 15) is 9.18 Å². The van der Waals surface area contributed by atoms with E-state index >= 15 is 0 Å².